The summed E-state index contributed by atoms with van der Waals surface area (Å²) in [5.74, 6) is -0.255. The summed E-state index contributed by atoms with van der Waals surface area (Å²) in [4.78, 5) is 12.5. The summed E-state index contributed by atoms with van der Waals surface area (Å²) in [7, 11) is 0. The molecule has 128 valence electrons. The molecular formula is C17H18Cl2N2O3. The number of nitrogens with zero attached hydrogens (tertiary/aromatic N) is 2. The molecule has 0 bridgehead atoms. The fraction of sp³-hybridized carbons (Fsp3) is 0.412. The average Bonchev–Trinajstić information content (AvgIpc) is 2.86. The summed E-state index contributed by atoms with van der Waals surface area (Å²) in [6, 6.07) is 6.34. The van der Waals surface area contributed by atoms with Crippen molar-refractivity contribution in [1.29, 1.82) is 0 Å². The van der Waals surface area contributed by atoms with E-state index in [9.17, 15) is 15.2 Å². The van der Waals surface area contributed by atoms with Crippen LogP contribution in [0, 0.1) is 10.1 Å². The lowest BCUT2D eigenvalue weighted by atomic mass is 9.94. The molecule has 0 fully saturated rings. The molecule has 0 aromatic heterocycles. The number of phenolic OH excluding ortho intramolecular Hbond substituents is 1. The van der Waals surface area contributed by atoms with E-state index in [1.165, 1.54) is 6.07 Å². The Kier molecular flexibility index (Phi) is 4.04. The van der Waals surface area contributed by atoms with Gasteiger partial charge < -0.3 is 10.0 Å². The standard InChI is InChI=1S/C17H18Cl2N2O3/c1-17(2,3)20-8-10(16(18)19)15-12(20)7-13(22)9-5-4-6-11(14(9)15)21(23)24/h4-7,10,16,22H,8H2,1-3H3. The average molecular weight is 369 g/mol. The fourth-order valence-corrected chi connectivity index (χ4v) is 3.84. The summed E-state index contributed by atoms with van der Waals surface area (Å²) in [6.45, 7) is 6.66. The van der Waals surface area contributed by atoms with Gasteiger partial charge in [-0.3, -0.25) is 10.1 Å². The third-order valence-electron chi connectivity index (χ3n) is 4.49. The lowest BCUT2D eigenvalue weighted by Crippen LogP contribution is -2.41. The third kappa shape index (κ3) is 2.56. The van der Waals surface area contributed by atoms with E-state index in [1.807, 2.05) is 20.8 Å². The smallest absolute Gasteiger partial charge is 0.277 e. The summed E-state index contributed by atoms with van der Waals surface area (Å²) in [5, 5.41) is 22.8. The Bertz CT molecular complexity index is 831. The van der Waals surface area contributed by atoms with Crippen molar-refractivity contribution < 1.29 is 10.0 Å². The number of benzene rings is 2. The predicted molar refractivity (Wildman–Crippen MR) is 97.6 cm³/mol. The van der Waals surface area contributed by atoms with Gasteiger partial charge in [-0.1, -0.05) is 12.1 Å². The van der Waals surface area contributed by atoms with Crippen molar-refractivity contribution in [3.63, 3.8) is 0 Å². The number of anilines is 1. The Balaban J connectivity index is 2.44. The van der Waals surface area contributed by atoms with Crippen LogP contribution < -0.4 is 4.90 Å². The molecular weight excluding hydrogens is 351 g/mol. The molecule has 3 rings (SSSR count). The quantitative estimate of drug-likeness (QED) is 0.462. The zero-order chi connectivity index (χ0) is 17.8. The van der Waals surface area contributed by atoms with Gasteiger partial charge in [-0.25, -0.2) is 0 Å². The Hall–Kier alpha value is -1.72. The van der Waals surface area contributed by atoms with Gasteiger partial charge in [0.2, 0.25) is 0 Å². The molecule has 0 amide bonds. The number of hydrogen-bond donors (Lipinski definition) is 1. The van der Waals surface area contributed by atoms with Crippen molar-refractivity contribution >= 4 is 45.3 Å². The monoisotopic (exact) mass is 368 g/mol. The molecule has 1 unspecified atom stereocenters. The number of nitro groups is 1. The number of hydrogen-bond acceptors (Lipinski definition) is 4. The molecule has 24 heavy (non-hydrogen) atoms. The maximum atomic E-state index is 11.5. The number of nitro benzene ring substituents is 1. The van der Waals surface area contributed by atoms with Gasteiger partial charge in [0.15, 0.2) is 0 Å². The Morgan fingerprint density at radius 2 is 2.04 bits per heavy atom. The van der Waals surface area contributed by atoms with E-state index in [2.05, 4.69) is 4.90 Å². The molecule has 7 heteroatoms. The van der Waals surface area contributed by atoms with E-state index in [1.54, 1.807) is 18.2 Å². The van der Waals surface area contributed by atoms with Crippen LogP contribution in [0.3, 0.4) is 0 Å². The van der Waals surface area contributed by atoms with Crippen molar-refractivity contribution in [3.05, 3.63) is 39.9 Å². The highest BCUT2D eigenvalue weighted by Crippen LogP contribution is 2.51. The molecule has 0 saturated carbocycles. The van der Waals surface area contributed by atoms with Crippen molar-refractivity contribution in [2.45, 2.75) is 37.1 Å². The first-order valence-corrected chi connectivity index (χ1v) is 8.49. The van der Waals surface area contributed by atoms with Crippen LogP contribution >= 0.6 is 23.2 Å². The predicted octanol–water partition coefficient (Wildman–Crippen LogP) is 4.96. The number of phenols is 1. The van der Waals surface area contributed by atoms with Crippen LogP contribution in [0.4, 0.5) is 11.4 Å². The van der Waals surface area contributed by atoms with E-state index in [0.29, 0.717) is 17.3 Å². The third-order valence-corrected chi connectivity index (χ3v) is 5.10. The second-order valence-corrected chi connectivity index (χ2v) is 8.17. The number of rotatable bonds is 2. The first-order chi connectivity index (χ1) is 11.1. The number of non-ortho nitro benzene ring substituents is 1. The normalized spacial score (nSPS) is 17.6. The van der Waals surface area contributed by atoms with Crippen molar-refractivity contribution in [2.75, 3.05) is 11.4 Å². The van der Waals surface area contributed by atoms with Gasteiger partial charge >= 0.3 is 0 Å². The number of fused-ring (bicyclic) bond motifs is 3. The molecule has 5 nitrogen and oxygen atoms in total. The number of halogens is 2. The van der Waals surface area contributed by atoms with Gasteiger partial charge in [0.25, 0.3) is 5.69 Å². The van der Waals surface area contributed by atoms with Gasteiger partial charge in [-0.15, -0.1) is 23.2 Å². The topological polar surface area (TPSA) is 66.6 Å². The molecule has 0 radical (unpaired) electrons. The van der Waals surface area contributed by atoms with Crippen molar-refractivity contribution in [3.8, 4) is 5.75 Å². The van der Waals surface area contributed by atoms with Gasteiger partial charge in [0.05, 0.1) is 10.3 Å². The first kappa shape index (κ1) is 17.1. The molecule has 1 atom stereocenters. The van der Waals surface area contributed by atoms with E-state index >= 15 is 0 Å². The zero-order valence-corrected chi connectivity index (χ0v) is 15.1. The first-order valence-electron chi connectivity index (χ1n) is 7.61. The molecule has 0 spiro atoms. The van der Waals surface area contributed by atoms with E-state index in [4.69, 9.17) is 23.2 Å². The molecule has 1 aliphatic heterocycles. The molecule has 0 aliphatic carbocycles. The van der Waals surface area contributed by atoms with Gasteiger partial charge in [0, 0.05) is 41.2 Å². The minimum atomic E-state index is -0.705. The Labute approximate surface area is 149 Å². The highest BCUT2D eigenvalue weighted by molar-refractivity contribution is 6.45. The fourth-order valence-electron chi connectivity index (χ4n) is 3.43. The molecule has 2 aromatic rings. The lowest BCUT2D eigenvalue weighted by molar-refractivity contribution is -0.383. The van der Waals surface area contributed by atoms with Crippen LogP contribution in [0.15, 0.2) is 24.3 Å². The maximum Gasteiger partial charge on any atom is 0.277 e. The molecule has 1 heterocycles. The highest BCUT2D eigenvalue weighted by Gasteiger charge is 2.40. The maximum absolute atomic E-state index is 11.5. The lowest BCUT2D eigenvalue weighted by Gasteiger charge is -2.35. The van der Waals surface area contributed by atoms with Gasteiger partial charge in [0.1, 0.15) is 10.6 Å². The van der Waals surface area contributed by atoms with Gasteiger partial charge in [-0.05, 0) is 26.3 Å². The van der Waals surface area contributed by atoms with Gasteiger partial charge in [-0.2, -0.15) is 0 Å². The van der Waals surface area contributed by atoms with Crippen molar-refractivity contribution in [2.24, 2.45) is 0 Å². The minimum absolute atomic E-state index is 0.0167. The molecule has 0 saturated heterocycles. The van der Waals surface area contributed by atoms with Crippen LogP contribution in [-0.4, -0.2) is 26.9 Å². The Morgan fingerprint density at radius 3 is 2.58 bits per heavy atom. The molecule has 1 aliphatic rings. The summed E-state index contributed by atoms with van der Waals surface area (Å²) < 4.78 is 0. The Morgan fingerprint density at radius 1 is 1.38 bits per heavy atom. The number of alkyl halides is 2. The summed E-state index contributed by atoms with van der Waals surface area (Å²) in [6.07, 6.45) is 0. The van der Waals surface area contributed by atoms with E-state index in [0.717, 1.165) is 11.3 Å². The molecule has 2 aromatic carbocycles. The zero-order valence-electron chi connectivity index (χ0n) is 13.6. The number of aromatic hydroxyl groups is 1. The van der Waals surface area contributed by atoms with E-state index in [-0.39, 0.29) is 22.9 Å². The van der Waals surface area contributed by atoms with Crippen LogP contribution in [-0.2, 0) is 0 Å². The second kappa shape index (κ2) is 5.67. The summed E-state index contributed by atoms with van der Waals surface area (Å²) >= 11 is 12.4. The molecule has 1 N–H and O–H groups in total. The van der Waals surface area contributed by atoms with E-state index < -0.39 is 9.76 Å². The summed E-state index contributed by atoms with van der Waals surface area (Å²) in [5.41, 5.74) is 1.20. The van der Waals surface area contributed by atoms with Crippen LogP contribution in [0.2, 0.25) is 0 Å². The van der Waals surface area contributed by atoms with Crippen LogP contribution in [0.25, 0.3) is 10.8 Å². The SMILES string of the molecule is CC(C)(C)N1CC(C(Cl)Cl)c2c1cc(O)c1cccc([N+](=O)[O-])c21. The largest absolute Gasteiger partial charge is 0.507 e. The van der Waals surface area contributed by atoms with Crippen molar-refractivity contribution in [1.82, 2.24) is 0 Å². The second-order valence-electron chi connectivity index (χ2n) is 7.01. The minimum Gasteiger partial charge on any atom is -0.507 e. The van der Waals surface area contributed by atoms with Crippen LogP contribution in [0.1, 0.15) is 32.3 Å². The van der Waals surface area contributed by atoms with Crippen LogP contribution in [0.5, 0.6) is 5.75 Å². The highest BCUT2D eigenvalue weighted by atomic mass is 35.5.